The van der Waals surface area contributed by atoms with E-state index in [0.717, 1.165) is 12.3 Å². The van der Waals surface area contributed by atoms with Gasteiger partial charge in [0.05, 0.1) is 10.8 Å². The van der Waals surface area contributed by atoms with Gasteiger partial charge < -0.3 is 4.90 Å². The Bertz CT molecular complexity index is 559. The number of hydrogen-bond donors (Lipinski definition) is 0. The molecule has 0 saturated heterocycles. The van der Waals surface area contributed by atoms with E-state index < -0.39 is 21.6 Å². The van der Waals surface area contributed by atoms with Gasteiger partial charge in [0.15, 0.2) is 0 Å². The fraction of sp³-hybridized carbons (Fsp3) is 0.364. The Balaban J connectivity index is 2.77. The molecule has 1 aromatic carbocycles. The first-order valence-electron chi connectivity index (χ1n) is 5.09. The van der Waals surface area contributed by atoms with Crippen LogP contribution in [-0.4, -0.2) is 44.8 Å². The molecule has 0 spiro atoms. The number of halogens is 2. The average Bonchev–Trinajstić information content (AvgIpc) is 2.27. The maximum absolute atomic E-state index is 12.9. The molecule has 0 unspecified atom stereocenters. The van der Waals surface area contributed by atoms with Crippen molar-refractivity contribution in [2.45, 2.75) is 0 Å². The van der Waals surface area contributed by atoms with Gasteiger partial charge in [0.2, 0.25) is 0 Å². The quantitative estimate of drug-likeness (QED) is 0.847. The Kier molecular flexibility index (Phi) is 4.70. The number of rotatable bonds is 4. The van der Waals surface area contributed by atoms with Gasteiger partial charge in [0, 0.05) is 25.4 Å². The first-order chi connectivity index (χ1) is 8.20. The Morgan fingerprint density at radius 2 is 2.06 bits per heavy atom. The van der Waals surface area contributed by atoms with Gasteiger partial charge in [0.25, 0.3) is 5.91 Å². The van der Waals surface area contributed by atoms with Crippen LogP contribution in [0.15, 0.2) is 18.2 Å². The molecule has 100 valence electrons. The largest absolute Gasteiger partial charge is 0.341 e. The molecule has 0 atom stereocenters. The molecule has 18 heavy (non-hydrogen) atoms. The molecule has 0 saturated carbocycles. The van der Waals surface area contributed by atoms with Gasteiger partial charge in [-0.1, -0.05) is 11.6 Å². The van der Waals surface area contributed by atoms with E-state index in [0.29, 0.717) is 0 Å². The van der Waals surface area contributed by atoms with Crippen LogP contribution in [0, 0.1) is 5.82 Å². The zero-order chi connectivity index (χ0) is 13.9. The van der Waals surface area contributed by atoms with Crippen molar-refractivity contribution in [3.63, 3.8) is 0 Å². The zero-order valence-corrected chi connectivity index (χ0v) is 11.6. The minimum atomic E-state index is -3.13. The van der Waals surface area contributed by atoms with E-state index in [1.54, 1.807) is 0 Å². The van der Waals surface area contributed by atoms with E-state index in [-0.39, 0.29) is 22.9 Å². The molecule has 1 rings (SSSR count). The molecule has 7 heteroatoms. The topological polar surface area (TPSA) is 54.5 Å². The standard InChI is InChI=1S/C11H13ClFNO3S/c1-14(5-6-18(2,16)17)11(15)8-3-4-10(13)9(12)7-8/h3-4,7H,5-6H2,1-2H3. The fourth-order valence-corrected chi connectivity index (χ4v) is 2.04. The number of carbonyl (C=O) groups is 1. The molecule has 0 radical (unpaired) electrons. The monoisotopic (exact) mass is 293 g/mol. The summed E-state index contributed by atoms with van der Waals surface area (Å²) in [6.07, 6.45) is 1.10. The lowest BCUT2D eigenvalue weighted by Crippen LogP contribution is -2.31. The molecule has 0 aliphatic rings. The molecule has 1 aromatic rings. The van der Waals surface area contributed by atoms with Crippen LogP contribution in [0.5, 0.6) is 0 Å². The van der Waals surface area contributed by atoms with Crippen LogP contribution >= 0.6 is 11.6 Å². The minimum Gasteiger partial charge on any atom is -0.341 e. The lowest BCUT2D eigenvalue weighted by atomic mass is 10.2. The SMILES string of the molecule is CN(CCS(C)(=O)=O)C(=O)c1ccc(F)c(Cl)c1. The van der Waals surface area contributed by atoms with Crippen LogP contribution in [0.1, 0.15) is 10.4 Å². The maximum Gasteiger partial charge on any atom is 0.253 e. The number of carbonyl (C=O) groups excluding carboxylic acids is 1. The van der Waals surface area contributed by atoms with Crippen molar-refractivity contribution < 1.29 is 17.6 Å². The molecule has 1 amide bonds. The second-order valence-corrected chi connectivity index (χ2v) is 6.65. The number of sulfone groups is 1. The van der Waals surface area contributed by atoms with E-state index in [9.17, 15) is 17.6 Å². The number of benzene rings is 1. The predicted molar refractivity (Wildman–Crippen MR) is 68.1 cm³/mol. The highest BCUT2D eigenvalue weighted by Gasteiger charge is 2.15. The molecule has 0 aliphatic carbocycles. The summed E-state index contributed by atoms with van der Waals surface area (Å²) in [5.74, 6) is -1.13. The van der Waals surface area contributed by atoms with E-state index in [1.807, 2.05) is 0 Å². The molecule has 4 nitrogen and oxygen atoms in total. The molecular formula is C11H13ClFNO3S. The maximum atomic E-state index is 12.9. The summed E-state index contributed by atoms with van der Waals surface area (Å²) in [6.45, 7) is 0.0761. The van der Waals surface area contributed by atoms with Gasteiger partial charge >= 0.3 is 0 Å². The highest BCUT2D eigenvalue weighted by Crippen LogP contribution is 2.16. The van der Waals surface area contributed by atoms with Crippen LogP contribution in [0.25, 0.3) is 0 Å². The Morgan fingerprint density at radius 3 is 2.56 bits per heavy atom. The smallest absolute Gasteiger partial charge is 0.253 e. The van der Waals surface area contributed by atoms with Crippen molar-refractivity contribution in [3.05, 3.63) is 34.6 Å². The average molecular weight is 294 g/mol. The third-order valence-electron chi connectivity index (χ3n) is 2.31. The molecule has 0 fully saturated rings. The number of amides is 1. The van der Waals surface area contributed by atoms with Gasteiger partial charge in [-0.05, 0) is 18.2 Å². The summed E-state index contributed by atoms with van der Waals surface area (Å²) in [5, 5.41) is -0.141. The van der Waals surface area contributed by atoms with Gasteiger partial charge in [0.1, 0.15) is 15.7 Å². The van der Waals surface area contributed by atoms with Crippen molar-refractivity contribution in [1.82, 2.24) is 4.90 Å². The van der Waals surface area contributed by atoms with E-state index in [4.69, 9.17) is 11.6 Å². The first-order valence-corrected chi connectivity index (χ1v) is 7.53. The summed E-state index contributed by atoms with van der Waals surface area (Å²) in [4.78, 5) is 13.1. The normalized spacial score (nSPS) is 11.3. The second-order valence-electron chi connectivity index (χ2n) is 3.99. The van der Waals surface area contributed by atoms with E-state index in [2.05, 4.69) is 0 Å². The molecular weight excluding hydrogens is 281 g/mol. The summed E-state index contributed by atoms with van der Waals surface area (Å²) >= 11 is 5.57. The fourth-order valence-electron chi connectivity index (χ4n) is 1.25. The summed E-state index contributed by atoms with van der Waals surface area (Å²) in [6, 6.07) is 3.62. The van der Waals surface area contributed by atoms with Crippen LogP contribution in [0.2, 0.25) is 5.02 Å². The summed E-state index contributed by atoms with van der Waals surface area (Å²) < 4.78 is 34.9. The second kappa shape index (κ2) is 5.67. The van der Waals surface area contributed by atoms with Crippen molar-refractivity contribution in [1.29, 1.82) is 0 Å². The summed E-state index contributed by atoms with van der Waals surface area (Å²) in [5.41, 5.74) is 0.220. The van der Waals surface area contributed by atoms with E-state index >= 15 is 0 Å². The highest BCUT2D eigenvalue weighted by molar-refractivity contribution is 7.90. The molecule has 0 heterocycles. The van der Waals surface area contributed by atoms with Gasteiger partial charge in [-0.15, -0.1) is 0 Å². The molecule has 0 aromatic heterocycles. The highest BCUT2D eigenvalue weighted by atomic mass is 35.5. The van der Waals surface area contributed by atoms with E-state index in [1.165, 1.54) is 24.1 Å². The van der Waals surface area contributed by atoms with Crippen molar-refractivity contribution in [2.75, 3.05) is 25.6 Å². The van der Waals surface area contributed by atoms with Crippen molar-refractivity contribution in [2.24, 2.45) is 0 Å². The third-order valence-corrected chi connectivity index (χ3v) is 3.52. The predicted octanol–water partition coefficient (Wildman–Crippen LogP) is 1.60. The minimum absolute atomic E-state index is 0.0761. The first kappa shape index (κ1) is 14.9. The Morgan fingerprint density at radius 1 is 1.44 bits per heavy atom. The van der Waals surface area contributed by atoms with Gasteiger partial charge in [-0.2, -0.15) is 0 Å². The Hall–Kier alpha value is -1.14. The van der Waals surface area contributed by atoms with Crippen LogP contribution in [-0.2, 0) is 9.84 Å². The van der Waals surface area contributed by atoms with Crippen LogP contribution < -0.4 is 0 Å². The molecule has 0 bridgehead atoms. The van der Waals surface area contributed by atoms with Crippen molar-refractivity contribution >= 4 is 27.3 Å². The third kappa shape index (κ3) is 4.27. The molecule has 0 N–H and O–H groups in total. The molecule has 0 aliphatic heterocycles. The zero-order valence-electron chi connectivity index (χ0n) is 9.98. The van der Waals surface area contributed by atoms with Gasteiger partial charge in [-0.3, -0.25) is 4.79 Å². The van der Waals surface area contributed by atoms with Crippen LogP contribution in [0.3, 0.4) is 0 Å². The lowest BCUT2D eigenvalue weighted by Gasteiger charge is -2.16. The number of hydrogen-bond acceptors (Lipinski definition) is 3. The number of nitrogens with zero attached hydrogens (tertiary/aromatic N) is 1. The van der Waals surface area contributed by atoms with Gasteiger partial charge in [-0.25, -0.2) is 12.8 Å². The van der Waals surface area contributed by atoms with Crippen molar-refractivity contribution in [3.8, 4) is 0 Å². The Labute approximate surface area is 110 Å². The lowest BCUT2D eigenvalue weighted by molar-refractivity contribution is 0.0803. The summed E-state index contributed by atoms with van der Waals surface area (Å²) in [7, 11) is -1.65. The van der Waals surface area contributed by atoms with Crippen LogP contribution in [0.4, 0.5) is 4.39 Å².